The van der Waals surface area contributed by atoms with Crippen LogP contribution in [0.4, 0.5) is 0 Å². The van der Waals surface area contributed by atoms with E-state index >= 15 is 0 Å². The molecule has 1 aliphatic carbocycles. The van der Waals surface area contributed by atoms with Gasteiger partial charge in [-0.25, -0.2) is 0 Å². The Balaban J connectivity index is 1.53. The van der Waals surface area contributed by atoms with Gasteiger partial charge in [-0.15, -0.1) is 0 Å². The zero-order chi connectivity index (χ0) is 13.5. The van der Waals surface area contributed by atoms with Crippen LogP contribution in [-0.4, -0.2) is 65.1 Å². The van der Waals surface area contributed by atoms with Crippen molar-refractivity contribution >= 4 is 0 Å². The topological polar surface area (TPSA) is 87.9 Å². The minimum atomic E-state index is -0.607. The maximum atomic E-state index is 10.7. The lowest BCUT2D eigenvalue weighted by molar-refractivity contribution is -0.532. The average molecular weight is 271 g/mol. The second-order valence-corrected chi connectivity index (χ2v) is 5.90. The quantitative estimate of drug-likeness (QED) is 0.535. The zero-order valence-electron chi connectivity index (χ0n) is 11.0. The fourth-order valence-electron chi connectivity index (χ4n) is 3.09. The van der Waals surface area contributed by atoms with Crippen molar-refractivity contribution in [2.75, 3.05) is 26.2 Å². The summed E-state index contributed by atoms with van der Waals surface area (Å²) in [5.74, 6) is 0. The first-order valence-electron chi connectivity index (χ1n) is 7.03. The molecule has 0 spiro atoms. The van der Waals surface area contributed by atoms with Gasteiger partial charge in [-0.1, -0.05) is 0 Å². The van der Waals surface area contributed by atoms with E-state index in [4.69, 9.17) is 4.74 Å². The zero-order valence-corrected chi connectivity index (χ0v) is 11.0. The number of morpholine rings is 1. The van der Waals surface area contributed by atoms with E-state index in [1.165, 1.54) is 0 Å². The van der Waals surface area contributed by atoms with Gasteiger partial charge in [0.25, 0.3) is 6.17 Å². The molecule has 3 atom stereocenters. The van der Waals surface area contributed by atoms with Gasteiger partial charge in [-0.3, -0.25) is 20.3 Å². The van der Waals surface area contributed by atoms with Crippen LogP contribution in [0.2, 0.25) is 0 Å². The third kappa shape index (κ3) is 2.74. The molecule has 0 aromatic rings. The third-order valence-corrected chi connectivity index (χ3v) is 4.59. The molecule has 3 rings (SSSR count). The summed E-state index contributed by atoms with van der Waals surface area (Å²) < 4.78 is 5.66. The maximum Gasteiger partial charge on any atom is 0.266 e. The molecular formula is C12H21N3O4. The summed E-state index contributed by atoms with van der Waals surface area (Å²) in [4.78, 5) is 12.8. The highest BCUT2D eigenvalue weighted by atomic mass is 16.6. The van der Waals surface area contributed by atoms with E-state index in [0.717, 1.165) is 32.4 Å². The van der Waals surface area contributed by atoms with Crippen LogP contribution in [0, 0.1) is 10.1 Å². The fourth-order valence-corrected chi connectivity index (χ4v) is 3.09. The van der Waals surface area contributed by atoms with Gasteiger partial charge in [-0.2, -0.15) is 0 Å². The molecule has 1 saturated carbocycles. The first-order chi connectivity index (χ1) is 9.08. The second kappa shape index (κ2) is 4.97. The molecule has 2 heterocycles. The van der Waals surface area contributed by atoms with E-state index < -0.39 is 11.8 Å². The average Bonchev–Trinajstić information content (AvgIpc) is 3.18. The van der Waals surface area contributed by atoms with Crippen molar-refractivity contribution in [2.45, 2.75) is 49.6 Å². The van der Waals surface area contributed by atoms with Crippen molar-refractivity contribution < 1.29 is 14.8 Å². The van der Waals surface area contributed by atoms with Gasteiger partial charge in [-0.05, 0) is 19.3 Å². The van der Waals surface area contributed by atoms with Crippen LogP contribution in [0.3, 0.4) is 0 Å². The molecule has 7 nitrogen and oxygen atoms in total. The first kappa shape index (κ1) is 13.2. The van der Waals surface area contributed by atoms with Gasteiger partial charge in [0.2, 0.25) is 0 Å². The van der Waals surface area contributed by atoms with Gasteiger partial charge in [0, 0.05) is 37.0 Å². The van der Waals surface area contributed by atoms with E-state index in [2.05, 4.69) is 10.2 Å². The molecule has 7 heteroatoms. The molecule has 0 radical (unpaired) electrons. The number of hydrogen-bond donors (Lipinski definition) is 2. The molecule has 0 amide bonds. The Labute approximate surface area is 112 Å². The highest BCUT2D eigenvalue weighted by Gasteiger charge is 2.50. The van der Waals surface area contributed by atoms with Gasteiger partial charge in [0.15, 0.2) is 0 Å². The van der Waals surface area contributed by atoms with Crippen molar-refractivity contribution in [3.63, 3.8) is 0 Å². The number of ether oxygens (including phenoxy) is 1. The van der Waals surface area contributed by atoms with Crippen LogP contribution in [-0.2, 0) is 4.74 Å². The van der Waals surface area contributed by atoms with Crippen molar-refractivity contribution in [1.29, 1.82) is 0 Å². The predicted molar refractivity (Wildman–Crippen MR) is 67.3 cm³/mol. The molecule has 2 aliphatic heterocycles. The Bertz CT molecular complexity index is 353. The number of hydrogen-bond acceptors (Lipinski definition) is 6. The Morgan fingerprint density at radius 2 is 2.21 bits per heavy atom. The van der Waals surface area contributed by atoms with Crippen molar-refractivity contribution in [2.24, 2.45) is 0 Å². The number of nitrogens with one attached hydrogen (secondary N) is 1. The van der Waals surface area contributed by atoms with Crippen molar-refractivity contribution in [1.82, 2.24) is 10.2 Å². The van der Waals surface area contributed by atoms with Gasteiger partial charge < -0.3 is 9.84 Å². The number of piperidine rings is 1. The minimum Gasteiger partial charge on any atom is -0.387 e. The molecule has 0 bridgehead atoms. The highest BCUT2D eigenvalue weighted by Crippen LogP contribution is 2.41. The van der Waals surface area contributed by atoms with Crippen molar-refractivity contribution in [3.05, 3.63) is 10.1 Å². The fraction of sp³-hybridized carbons (Fsp3) is 1.00. The van der Waals surface area contributed by atoms with E-state index in [9.17, 15) is 15.2 Å². The molecule has 3 fully saturated rings. The summed E-state index contributed by atoms with van der Waals surface area (Å²) >= 11 is 0. The van der Waals surface area contributed by atoms with E-state index in [-0.39, 0.29) is 11.0 Å². The molecule has 2 saturated heterocycles. The summed E-state index contributed by atoms with van der Waals surface area (Å²) in [5, 5.41) is 23.8. The lowest BCUT2D eigenvalue weighted by Gasteiger charge is -2.41. The number of nitrogens with zero attached hydrogens (tertiary/aromatic N) is 2. The van der Waals surface area contributed by atoms with Crippen LogP contribution < -0.4 is 5.32 Å². The van der Waals surface area contributed by atoms with E-state index in [1.807, 2.05) is 0 Å². The predicted octanol–water partition coefficient (Wildman–Crippen LogP) is -0.433. The van der Waals surface area contributed by atoms with E-state index in [1.54, 1.807) is 0 Å². The lowest BCUT2D eigenvalue weighted by atomic mass is 10.0. The van der Waals surface area contributed by atoms with Crippen LogP contribution in [0.1, 0.15) is 25.7 Å². The summed E-state index contributed by atoms with van der Waals surface area (Å²) in [5.41, 5.74) is -0.607. The van der Waals surface area contributed by atoms with Crippen LogP contribution >= 0.6 is 0 Å². The molecule has 3 unspecified atom stereocenters. The Kier molecular flexibility index (Phi) is 3.46. The number of aliphatic hydroxyl groups is 1. The Hall–Kier alpha value is -0.760. The lowest BCUT2D eigenvalue weighted by Crippen LogP contribution is -2.57. The SMILES string of the molecule is O=[N+]([O-])C1CCC(N2CCOC(C3(O)CC3)C2)CN1. The third-order valence-electron chi connectivity index (χ3n) is 4.59. The number of rotatable bonds is 3. The van der Waals surface area contributed by atoms with Gasteiger partial charge in [0.1, 0.15) is 0 Å². The monoisotopic (exact) mass is 271 g/mol. The summed E-state index contributed by atoms with van der Waals surface area (Å²) in [6, 6.07) is 0.324. The van der Waals surface area contributed by atoms with Gasteiger partial charge >= 0.3 is 0 Å². The Morgan fingerprint density at radius 1 is 1.42 bits per heavy atom. The standard InChI is InChI=1S/C12H21N3O4/c16-12(3-4-12)10-8-14(5-6-19-10)9-1-2-11(13-7-9)15(17)18/h9-11,13,16H,1-8H2. The Morgan fingerprint density at radius 3 is 2.79 bits per heavy atom. The normalized spacial score (nSPS) is 38.9. The first-order valence-corrected chi connectivity index (χ1v) is 7.03. The van der Waals surface area contributed by atoms with E-state index in [0.29, 0.717) is 25.6 Å². The molecule has 2 N–H and O–H groups in total. The molecule has 3 aliphatic rings. The minimum absolute atomic E-state index is 0.0884. The van der Waals surface area contributed by atoms with Crippen LogP contribution in [0.15, 0.2) is 0 Å². The second-order valence-electron chi connectivity index (χ2n) is 5.90. The smallest absolute Gasteiger partial charge is 0.266 e. The number of nitro groups is 1. The molecule has 19 heavy (non-hydrogen) atoms. The van der Waals surface area contributed by atoms with Gasteiger partial charge in [0.05, 0.1) is 18.3 Å². The van der Waals surface area contributed by atoms with Crippen molar-refractivity contribution in [3.8, 4) is 0 Å². The largest absolute Gasteiger partial charge is 0.387 e. The summed E-state index contributed by atoms with van der Waals surface area (Å²) in [6.07, 6.45) is 2.39. The summed E-state index contributed by atoms with van der Waals surface area (Å²) in [6.45, 7) is 2.88. The molecule has 108 valence electrons. The van der Waals surface area contributed by atoms with Crippen LogP contribution in [0.25, 0.3) is 0 Å². The maximum absolute atomic E-state index is 10.7. The molecule has 0 aromatic heterocycles. The highest BCUT2D eigenvalue weighted by molar-refractivity contribution is 5.03. The molecule has 0 aromatic carbocycles. The van der Waals surface area contributed by atoms with Crippen LogP contribution in [0.5, 0.6) is 0 Å². The molecular weight excluding hydrogens is 250 g/mol. The summed E-state index contributed by atoms with van der Waals surface area (Å²) in [7, 11) is 0.